The molecule has 6 aromatic carbocycles. The van der Waals surface area contributed by atoms with Gasteiger partial charge in [-0.2, -0.15) is 0 Å². The normalized spacial score (nSPS) is 11.1. The summed E-state index contributed by atoms with van der Waals surface area (Å²) in [6.45, 7) is 0. The Morgan fingerprint density at radius 2 is 0.538 bits per heavy atom. The van der Waals surface area contributed by atoms with E-state index in [0.29, 0.717) is 0 Å². The first-order valence-electron chi connectivity index (χ1n) is 13.0. The van der Waals surface area contributed by atoms with E-state index in [0.717, 1.165) is 0 Å². The van der Waals surface area contributed by atoms with Crippen molar-refractivity contribution in [2.24, 2.45) is 0 Å². The van der Waals surface area contributed by atoms with Gasteiger partial charge >= 0.3 is 0 Å². The molecule has 3 heteroatoms. The number of hydrogen-bond donors (Lipinski definition) is 0. The van der Waals surface area contributed by atoms with Crippen LogP contribution in [0.2, 0.25) is 0 Å². The molecule has 0 bridgehead atoms. The molecule has 188 valence electrons. The van der Waals surface area contributed by atoms with Crippen LogP contribution in [0.1, 0.15) is 0 Å². The summed E-state index contributed by atoms with van der Waals surface area (Å²) in [4.78, 5) is 2.64. The molecule has 0 aliphatic rings. The van der Waals surface area contributed by atoms with Gasteiger partial charge < -0.3 is 0 Å². The van der Waals surface area contributed by atoms with E-state index in [4.69, 9.17) is 0 Å². The van der Waals surface area contributed by atoms with E-state index in [2.05, 4.69) is 170 Å². The third-order valence-corrected chi connectivity index (χ3v) is 12.9. The molecule has 0 aliphatic carbocycles. The first kappa shape index (κ1) is 25.8. The minimum Gasteiger partial charge on any atom is -0.0887 e. The molecule has 0 amide bonds. The zero-order chi connectivity index (χ0) is 26.3. The highest BCUT2D eigenvalue weighted by Crippen LogP contribution is 2.42. The molecular formula is C36H28P2S. The number of hydrogen-bond acceptors (Lipinski definition) is 1. The van der Waals surface area contributed by atoms with Crippen LogP contribution in [0, 0.1) is 0 Å². The summed E-state index contributed by atoms with van der Waals surface area (Å²) >= 11 is 1.91. The topological polar surface area (TPSA) is 0 Å². The van der Waals surface area contributed by atoms with Crippen LogP contribution in [0.5, 0.6) is 0 Å². The SMILES string of the molecule is c1ccc(P(c2ccccc2)c2ccccc2Sc2ccccc2P(c2ccccc2)c2ccccc2)cc1. The highest BCUT2D eigenvalue weighted by Gasteiger charge is 2.23. The van der Waals surface area contributed by atoms with E-state index >= 15 is 0 Å². The lowest BCUT2D eigenvalue weighted by atomic mass is 10.3. The summed E-state index contributed by atoms with van der Waals surface area (Å²) in [5, 5.41) is 8.28. The molecule has 0 aromatic heterocycles. The third-order valence-electron chi connectivity index (χ3n) is 6.49. The van der Waals surface area contributed by atoms with Crippen molar-refractivity contribution in [3.8, 4) is 0 Å². The van der Waals surface area contributed by atoms with Gasteiger partial charge in [0.05, 0.1) is 0 Å². The van der Waals surface area contributed by atoms with Crippen molar-refractivity contribution < 1.29 is 0 Å². The van der Waals surface area contributed by atoms with Gasteiger partial charge in [-0.05, 0) is 59.8 Å². The van der Waals surface area contributed by atoms with Crippen LogP contribution in [0.15, 0.2) is 180 Å². The number of benzene rings is 6. The Morgan fingerprint density at radius 1 is 0.282 bits per heavy atom. The monoisotopic (exact) mass is 554 g/mol. The minimum atomic E-state index is -0.691. The zero-order valence-corrected chi connectivity index (χ0v) is 24.1. The van der Waals surface area contributed by atoms with Crippen LogP contribution < -0.4 is 31.8 Å². The molecule has 0 aliphatic heterocycles. The molecule has 0 atom stereocenters. The molecule has 39 heavy (non-hydrogen) atoms. The van der Waals surface area contributed by atoms with Crippen molar-refractivity contribution in [2.75, 3.05) is 0 Å². The Morgan fingerprint density at radius 3 is 0.846 bits per heavy atom. The average Bonchev–Trinajstić information content (AvgIpc) is 3.01. The van der Waals surface area contributed by atoms with E-state index in [9.17, 15) is 0 Å². The second kappa shape index (κ2) is 12.6. The lowest BCUT2D eigenvalue weighted by Crippen LogP contribution is -2.23. The lowest BCUT2D eigenvalue weighted by molar-refractivity contribution is 1.47. The third kappa shape index (κ3) is 5.93. The summed E-state index contributed by atoms with van der Waals surface area (Å²) in [6.07, 6.45) is 0. The molecule has 6 rings (SSSR count). The largest absolute Gasteiger partial charge is 0.0887 e. The van der Waals surface area contributed by atoms with Gasteiger partial charge in [-0.25, -0.2) is 0 Å². The van der Waals surface area contributed by atoms with Crippen LogP contribution in [-0.4, -0.2) is 0 Å². The highest BCUT2D eigenvalue weighted by molar-refractivity contribution is 8.01. The van der Waals surface area contributed by atoms with E-state index in [1.54, 1.807) is 0 Å². The van der Waals surface area contributed by atoms with E-state index in [1.165, 1.54) is 41.6 Å². The molecule has 0 unspecified atom stereocenters. The standard InChI is InChI=1S/C36H28P2S/c1-5-17-29(18-6-1)37(30-19-7-2-8-20-30)33-25-13-15-27-35(33)39-36-28-16-14-26-34(36)38(31-21-9-3-10-22-31)32-23-11-4-12-24-32/h1-28H. The molecule has 0 nitrogen and oxygen atoms in total. The quantitative estimate of drug-likeness (QED) is 0.177. The Labute approximate surface area is 238 Å². The van der Waals surface area contributed by atoms with Gasteiger partial charge in [0, 0.05) is 9.79 Å². The van der Waals surface area contributed by atoms with Gasteiger partial charge in [0.1, 0.15) is 0 Å². The van der Waals surface area contributed by atoms with Gasteiger partial charge in [0.25, 0.3) is 0 Å². The summed E-state index contributed by atoms with van der Waals surface area (Å²) in [6, 6.07) is 61.9. The van der Waals surface area contributed by atoms with Crippen molar-refractivity contribution in [3.63, 3.8) is 0 Å². The maximum Gasteiger partial charge on any atom is 0.0206 e. The van der Waals surface area contributed by atoms with Crippen LogP contribution in [0.3, 0.4) is 0 Å². The molecule has 0 spiro atoms. The fourth-order valence-corrected chi connectivity index (χ4v) is 11.1. The first-order valence-corrected chi connectivity index (χ1v) is 16.5. The molecule has 0 radical (unpaired) electrons. The zero-order valence-electron chi connectivity index (χ0n) is 21.5. The minimum absolute atomic E-state index is 0.691. The van der Waals surface area contributed by atoms with Crippen molar-refractivity contribution in [2.45, 2.75) is 9.79 Å². The van der Waals surface area contributed by atoms with Crippen LogP contribution in [0.25, 0.3) is 0 Å². The number of rotatable bonds is 8. The van der Waals surface area contributed by atoms with Gasteiger partial charge in [-0.3, -0.25) is 0 Å². The van der Waals surface area contributed by atoms with Crippen molar-refractivity contribution in [1.82, 2.24) is 0 Å². The molecule has 0 N–H and O–H groups in total. The summed E-state index contributed by atoms with van der Waals surface area (Å²) in [5.41, 5.74) is 0. The van der Waals surface area contributed by atoms with Crippen LogP contribution >= 0.6 is 27.6 Å². The van der Waals surface area contributed by atoms with E-state index in [1.807, 2.05) is 11.8 Å². The fourth-order valence-electron chi connectivity index (χ4n) is 4.74. The van der Waals surface area contributed by atoms with E-state index < -0.39 is 15.8 Å². The van der Waals surface area contributed by atoms with Crippen molar-refractivity contribution in [1.29, 1.82) is 0 Å². The van der Waals surface area contributed by atoms with Gasteiger partial charge in [-0.15, -0.1) is 0 Å². The predicted molar refractivity (Wildman–Crippen MR) is 174 cm³/mol. The fraction of sp³-hybridized carbons (Fsp3) is 0. The Balaban J connectivity index is 1.46. The van der Waals surface area contributed by atoms with E-state index in [-0.39, 0.29) is 0 Å². The highest BCUT2D eigenvalue weighted by atomic mass is 32.2. The molecule has 0 saturated carbocycles. The van der Waals surface area contributed by atoms with Crippen molar-refractivity contribution >= 4 is 59.4 Å². The molecule has 0 heterocycles. The maximum absolute atomic E-state index is 2.33. The van der Waals surface area contributed by atoms with Crippen LogP contribution in [-0.2, 0) is 0 Å². The molecular weight excluding hydrogens is 526 g/mol. The summed E-state index contributed by atoms with van der Waals surface area (Å²) in [7, 11) is -1.38. The second-order valence-electron chi connectivity index (χ2n) is 9.05. The van der Waals surface area contributed by atoms with Crippen molar-refractivity contribution in [3.05, 3.63) is 170 Å². The molecule has 0 fully saturated rings. The van der Waals surface area contributed by atoms with Gasteiger partial charge in [0.15, 0.2) is 0 Å². The Bertz CT molecular complexity index is 1420. The smallest absolute Gasteiger partial charge is 0.0206 e. The molecule has 6 aromatic rings. The predicted octanol–water partition coefficient (Wildman–Crippen LogP) is 7.35. The summed E-state index contributed by atoms with van der Waals surface area (Å²) in [5.74, 6) is 0. The van der Waals surface area contributed by atoms with Gasteiger partial charge in [-0.1, -0.05) is 169 Å². The summed E-state index contributed by atoms with van der Waals surface area (Å²) < 4.78 is 0. The maximum atomic E-state index is 2.33. The molecule has 0 saturated heterocycles. The first-order chi connectivity index (χ1) is 19.4. The lowest BCUT2D eigenvalue weighted by Gasteiger charge is -2.24. The Kier molecular flexibility index (Phi) is 8.32. The average molecular weight is 555 g/mol. The Hall–Kier alpha value is -3.47. The van der Waals surface area contributed by atoms with Crippen LogP contribution in [0.4, 0.5) is 0 Å². The second-order valence-corrected chi connectivity index (χ2v) is 14.5. The van der Waals surface area contributed by atoms with Gasteiger partial charge in [0.2, 0.25) is 0 Å².